The van der Waals surface area contributed by atoms with Gasteiger partial charge in [-0.1, -0.05) is 6.08 Å². The zero-order valence-corrected chi connectivity index (χ0v) is 8.00. The molecule has 2 nitrogen and oxygen atoms in total. The third-order valence-electron chi connectivity index (χ3n) is 2.33. The largest absolute Gasteiger partial charge is 0.388 e. The number of hydrogen-bond acceptors (Lipinski definition) is 2. The third-order valence-corrected chi connectivity index (χ3v) is 2.33. The molecule has 0 aromatic heterocycles. The summed E-state index contributed by atoms with van der Waals surface area (Å²) in [4.78, 5) is 0. The lowest BCUT2D eigenvalue weighted by Gasteiger charge is -2.28. The molecule has 0 aromatic rings. The first-order valence-electron chi connectivity index (χ1n) is 4.25. The van der Waals surface area contributed by atoms with Gasteiger partial charge in [0.1, 0.15) is 0 Å². The lowest BCUT2D eigenvalue weighted by atomic mass is 9.97. The molecule has 1 aliphatic rings. The van der Waals surface area contributed by atoms with Gasteiger partial charge in [0, 0.05) is 0 Å². The zero-order chi connectivity index (χ0) is 9.41. The molecule has 1 heterocycles. The van der Waals surface area contributed by atoms with Gasteiger partial charge in [-0.3, -0.25) is 0 Å². The molecule has 0 amide bonds. The molecule has 1 aliphatic heterocycles. The van der Waals surface area contributed by atoms with Crippen molar-refractivity contribution in [2.24, 2.45) is 0 Å². The number of aliphatic hydroxyl groups is 1. The van der Waals surface area contributed by atoms with Crippen LogP contribution in [-0.4, -0.2) is 22.4 Å². The van der Waals surface area contributed by atoms with Gasteiger partial charge in [-0.05, 0) is 33.6 Å². The molecule has 1 saturated heterocycles. The standard InChI is InChI=1S/C10H17O2/c1-5-10(4)7-6-8(12-10)9(2,3)11/h5,7-8,11H,1,6H2,2-4H3. The van der Waals surface area contributed by atoms with Crippen LogP contribution in [0.15, 0.2) is 12.7 Å². The summed E-state index contributed by atoms with van der Waals surface area (Å²) < 4.78 is 5.64. The van der Waals surface area contributed by atoms with Gasteiger partial charge in [0.15, 0.2) is 0 Å². The second-order valence-corrected chi connectivity index (χ2v) is 4.09. The van der Waals surface area contributed by atoms with Crippen molar-refractivity contribution in [3.05, 3.63) is 19.1 Å². The maximum Gasteiger partial charge on any atom is 0.0872 e. The van der Waals surface area contributed by atoms with Gasteiger partial charge in [0.2, 0.25) is 0 Å². The quantitative estimate of drug-likeness (QED) is 0.637. The van der Waals surface area contributed by atoms with Crippen molar-refractivity contribution in [2.45, 2.75) is 44.5 Å². The van der Waals surface area contributed by atoms with Crippen LogP contribution in [0.1, 0.15) is 27.2 Å². The first kappa shape index (κ1) is 9.75. The minimum atomic E-state index is -0.767. The second-order valence-electron chi connectivity index (χ2n) is 4.09. The molecule has 0 aromatic carbocycles. The molecular weight excluding hydrogens is 152 g/mol. The Balaban J connectivity index is 2.63. The summed E-state index contributed by atoms with van der Waals surface area (Å²) >= 11 is 0. The Morgan fingerprint density at radius 2 is 2.33 bits per heavy atom. The summed E-state index contributed by atoms with van der Waals surface area (Å²) in [6.45, 7) is 9.17. The van der Waals surface area contributed by atoms with Crippen LogP contribution in [0.4, 0.5) is 0 Å². The van der Waals surface area contributed by atoms with Crippen LogP contribution in [0, 0.1) is 6.42 Å². The van der Waals surface area contributed by atoms with Gasteiger partial charge in [-0.2, -0.15) is 0 Å². The Kier molecular flexibility index (Phi) is 2.32. The predicted octanol–water partition coefficient (Wildman–Crippen LogP) is 1.70. The van der Waals surface area contributed by atoms with Crippen molar-refractivity contribution in [3.8, 4) is 0 Å². The fraction of sp³-hybridized carbons (Fsp3) is 0.700. The Morgan fingerprint density at radius 1 is 1.75 bits per heavy atom. The van der Waals surface area contributed by atoms with Gasteiger partial charge >= 0.3 is 0 Å². The van der Waals surface area contributed by atoms with Crippen molar-refractivity contribution in [2.75, 3.05) is 0 Å². The number of ether oxygens (including phenoxy) is 1. The van der Waals surface area contributed by atoms with E-state index in [2.05, 4.69) is 6.58 Å². The zero-order valence-electron chi connectivity index (χ0n) is 8.00. The molecule has 0 bridgehead atoms. The fourth-order valence-electron chi connectivity index (χ4n) is 1.31. The highest BCUT2D eigenvalue weighted by atomic mass is 16.5. The van der Waals surface area contributed by atoms with Crippen molar-refractivity contribution >= 4 is 0 Å². The molecule has 0 saturated carbocycles. The van der Waals surface area contributed by atoms with Crippen molar-refractivity contribution < 1.29 is 9.84 Å². The summed E-state index contributed by atoms with van der Waals surface area (Å²) in [6, 6.07) is 0. The number of hydrogen-bond donors (Lipinski definition) is 1. The van der Waals surface area contributed by atoms with E-state index >= 15 is 0 Å². The van der Waals surface area contributed by atoms with Crippen LogP contribution in [0.3, 0.4) is 0 Å². The summed E-state index contributed by atoms with van der Waals surface area (Å²) in [7, 11) is 0. The first-order chi connectivity index (χ1) is 5.37. The van der Waals surface area contributed by atoms with Crippen LogP contribution in [0.5, 0.6) is 0 Å². The normalized spacial score (nSPS) is 36.8. The Bertz CT molecular complexity index is 181. The minimum Gasteiger partial charge on any atom is -0.388 e. The van der Waals surface area contributed by atoms with E-state index in [4.69, 9.17) is 4.74 Å². The molecule has 2 heteroatoms. The molecule has 1 N–H and O–H groups in total. The maximum atomic E-state index is 9.67. The minimum absolute atomic E-state index is 0.111. The van der Waals surface area contributed by atoms with Gasteiger partial charge in [0.25, 0.3) is 0 Å². The van der Waals surface area contributed by atoms with E-state index in [9.17, 15) is 5.11 Å². The first-order valence-corrected chi connectivity index (χ1v) is 4.25. The van der Waals surface area contributed by atoms with Crippen LogP contribution in [0.25, 0.3) is 0 Å². The Morgan fingerprint density at radius 3 is 2.58 bits per heavy atom. The van der Waals surface area contributed by atoms with Gasteiger partial charge in [-0.15, -0.1) is 6.58 Å². The van der Waals surface area contributed by atoms with Crippen molar-refractivity contribution in [3.63, 3.8) is 0 Å². The topological polar surface area (TPSA) is 29.5 Å². The van der Waals surface area contributed by atoms with E-state index in [1.807, 2.05) is 13.3 Å². The van der Waals surface area contributed by atoms with Crippen LogP contribution in [-0.2, 0) is 4.74 Å². The van der Waals surface area contributed by atoms with Gasteiger partial charge in [-0.25, -0.2) is 0 Å². The molecule has 2 atom stereocenters. The summed E-state index contributed by atoms with van der Waals surface area (Å²) in [5.74, 6) is 0. The lowest BCUT2D eigenvalue weighted by molar-refractivity contribution is -0.0974. The third kappa shape index (κ3) is 1.87. The van der Waals surface area contributed by atoms with Gasteiger partial charge in [0.05, 0.1) is 17.3 Å². The van der Waals surface area contributed by atoms with Crippen molar-refractivity contribution in [1.82, 2.24) is 0 Å². The summed E-state index contributed by atoms with van der Waals surface area (Å²) in [5.41, 5.74) is -1.12. The van der Waals surface area contributed by atoms with E-state index in [0.717, 1.165) is 6.42 Å². The highest BCUT2D eigenvalue weighted by Gasteiger charge is 2.40. The van der Waals surface area contributed by atoms with E-state index < -0.39 is 5.60 Å². The highest BCUT2D eigenvalue weighted by Crippen LogP contribution is 2.34. The Labute approximate surface area is 74.2 Å². The van der Waals surface area contributed by atoms with Crippen LogP contribution >= 0.6 is 0 Å². The van der Waals surface area contributed by atoms with Crippen LogP contribution < -0.4 is 0 Å². The molecule has 12 heavy (non-hydrogen) atoms. The monoisotopic (exact) mass is 169 g/mol. The molecular formula is C10H17O2. The smallest absolute Gasteiger partial charge is 0.0872 e. The van der Waals surface area contributed by atoms with Crippen LogP contribution in [0.2, 0.25) is 0 Å². The number of rotatable bonds is 2. The molecule has 1 rings (SSSR count). The SMILES string of the molecule is C=CC1(C)[CH]CC(C(C)(C)O)O1. The molecule has 0 aliphatic carbocycles. The molecule has 1 radical (unpaired) electrons. The van der Waals surface area contributed by atoms with E-state index in [0.29, 0.717) is 0 Å². The van der Waals surface area contributed by atoms with Gasteiger partial charge < -0.3 is 9.84 Å². The average molecular weight is 169 g/mol. The molecule has 69 valence electrons. The molecule has 1 fully saturated rings. The van der Waals surface area contributed by atoms with Crippen molar-refractivity contribution in [1.29, 1.82) is 0 Å². The van der Waals surface area contributed by atoms with E-state index in [1.54, 1.807) is 19.9 Å². The Hall–Kier alpha value is -0.340. The second kappa shape index (κ2) is 2.86. The fourth-order valence-corrected chi connectivity index (χ4v) is 1.31. The van der Waals surface area contributed by atoms with E-state index in [-0.39, 0.29) is 11.7 Å². The molecule has 2 unspecified atom stereocenters. The molecule has 0 spiro atoms. The summed E-state index contributed by atoms with van der Waals surface area (Å²) in [5, 5.41) is 9.67. The summed E-state index contributed by atoms with van der Waals surface area (Å²) in [6.07, 6.45) is 4.48. The van der Waals surface area contributed by atoms with E-state index in [1.165, 1.54) is 0 Å². The lowest BCUT2D eigenvalue weighted by Crippen LogP contribution is -2.37. The average Bonchev–Trinajstić information content (AvgIpc) is 2.32. The highest BCUT2D eigenvalue weighted by molar-refractivity contribution is 5.11. The predicted molar refractivity (Wildman–Crippen MR) is 48.7 cm³/mol. The maximum absolute atomic E-state index is 9.67.